The van der Waals surface area contributed by atoms with Crippen molar-refractivity contribution >= 4 is 23.4 Å². The van der Waals surface area contributed by atoms with Crippen molar-refractivity contribution in [2.45, 2.75) is 25.3 Å². The van der Waals surface area contributed by atoms with E-state index in [0.717, 1.165) is 17.9 Å². The number of rotatable bonds is 5. The zero-order chi connectivity index (χ0) is 16.4. The van der Waals surface area contributed by atoms with Gasteiger partial charge in [-0.05, 0) is 24.5 Å². The van der Waals surface area contributed by atoms with Crippen molar-refractivity contribution in [3.05, 3.63) is 35.2 Å². The van der Waals surface area contributed by atoms with Crippen molar-refractivity contribution < 1.29 is 9.53 Å². The van der Waals surface area contributed by atoms with E-state index in [9.17, 15) is 4.79 Å². The summed E-state index contributed by atoms with van der Waals surface area (Å²) in [5.41, 5.74) is 8.33. The van der Waals surface area contributed by atoms with Gasteiger partial charge in [-0.2, -0.15) is 0 Å². The monoisotopic (exact) mass is 334 g/mol. The fourth-order valence-electron chi connectivity index (χ4n) is 2.44. The standard InChI is InChI=1S/C16H19ClN4O2/c1-23-16(22)19-11-6-4-10(5-7-11)13-14(17)21-15(20-13)12(18)8-9-2-3-9/h4-7,9,12H,2-3,8,18H2,1H3,(H,19,22)(H,20,21). The van der Waals surface area contributed by atoms with E-state index < -0.39 is 6.09 Å². The van der Waals surface area contributed by atoms with Gasteiger partial charge in [0.15, 0.2) is 0 Å². The van der Waals surface area contributed by atoms with Crippen molar-refractivity contribution in [3.8, 4) is 11.3 Å². The summed E-state index contributed by atoms with van der Waals surface area (Å²) in [6, 6.07) is 7.09. The Kier molecular flexibility index (Phi) is 4.54. The quantitative estimate of drug-likeness (QED) is 0.777. The first-order valence-corrected chi connectivity index (χ1v) is 7.91. The van der Waals surface area contributed by atoms with E-state index in [2.05, 4.69) is 20.0 Å². The first-order chi connectivity index (χ1) is 11.1. The molecule has 1 saturated carbocycles. The summed E-state index contributed by atoms with van der Waals surface area (Å²) in [6.07, 6.45) is 2.93. The van der Waals surface area contributed by atoms with Crippen LogP contribution in [0, 0.1) is 5.92 Å². The number of anilines is 1. The predicted molar refractivity (Wildman–Crippen MR) is 89.3 cm³/mol. The van der Waals surface area contributed by atoms with Gasteiger partial charge in [0.2, 0.25) is 0 Å². The average Bonchev–Trinajstić information content (AvgIpc) is 3.27. The van der Waals surface area contributed by atoms with Gasteiger partial charge < -0.3 is 15.5 Å². The predicted octanol–water partition coefficient (Wildman–Crippen LogP) is 3.71. The van der Waals surface area contributed by atoms with E-state index >= 15 is 0 Å². The molecule has 23 heavy (non-hydrogen) atoms. The maximum Gasteiger partial charge on any atom is 0.411 e. The number of benzene rings is 1. The molecule has 1 atom stereocenters. The van der Waals surface area contributed by atoms with Gasteiger partial charge in [-0.3, -0.25) is 5.32 Å². The lowest BCUT2D eigenvalue weighted by molar-refractivity contribution is 0.187. The van der Waals surface area contributed by atoms with Crippen molar-refractivity contribution in [3.63, 3.8) is 0 Å². The Morgan fingerprint density at radius 2 is 2.17 bits per heavy atom. The molecule has 0 saturated heterocycles. The van der Waals surface area contributed by atoms with Crippen LogP contribution in [0.5, 0.6) is 0 Å². The Morgan fingerprint density at radius 3 is 2.78 bits per heavy atom. The average molecular weight is 335 g/mol. The number of hydrogen-bond donors (Lipinski definition) is 3. The number of hydrogen-bond acceptors (Lipinski definition) is 4. The highest BCUT2D eigenvalue weighted by Crippen LogP contribution is 2.37. The number of ether oxygens (including phenoxy) is 1. The summed E-state index contributed by atoms with van der Waals surface area (Å²) in [7, 11) is 1.32. The van der Waals surface area contributed by atoms with Crippen LogP contribution in [0.15, 0.2) is 24.3 Å². The number of aromatic nitrogens is 2. The summed E-state index contributed by atoms with van der Waals surface area (Å²) in [5.74, 6) is 1.44. The van der Waals surface area contributed by atoms with Crippen LogP contribution in [0.25, 0.3) is 11.3 Å². The number of amides is 1. The van der Waals surface area contributed by atoms with Crippen molar-refractivity contribution in [1.82, 2.24) is 9.97 Å². The molecule has 4 N–H and O–H groups in total. The van der Waals surface area contributed by atoms with Gasteiger partial charge in [0.25, 0.3) is 0 Å². The lowest BCUT2D eigenvalue weighted by Crippen LogP contribution is -2.12. The minimum atomic E-state index is -0.510. The molecule has 2 aromatic rings. The maximum absolute atomic E-state index is 11.2. The number of carbonyl (C=O) groups excluding carboxylic acids is 1. The van der Waals surface area contributed by atoms with Crippen molar-refractivity contribution in [2.24, 2.45) is 11.7 Å². The topological polar surface area (TPSA) is 93.0 Å². The van der Waals surface area contributed by atoms with Crippen LogP contribution in [-0.4, -0.2) is 23.2 Å². The number of imidazole rings is 1. The number of carbonyl (C=O) groups is 1. The smallest absolute Gasteiger partial charge is 0.411 e. The molecule has 1 heterocycles. The van der Waals surface area contributed by atoms with Crippen LogP contribution in [-0.2, 0) is 4.74 Å². The second kappa shape index (κ2) is 6.60. The third-order valence-electron chi connectivity index (χ3n) is 3.90. The van der Waals surface area contributed by atoms with Gasteiger partial charge in [-0.15, -0.1) is 0 Å². The molecule has 1 amide bonds. The zero-order valence-corrected chi connectivity index (χ0v) is 13.6. The number of H-pyrrole nitrogens is 1. The molecule has 122 valence electrons. The number of nitrogens with zero attached hydrogens (tertiary/aromatic N) is 1. The lowest BCUT2D eigenvalue weighted by Gasteiger charge is -2.06. The van der Waals surface area contributed by atoms with E-state index in [0.29, 0.717) is 22.4 Å². The van der Waals surface area contributed by atoms with E-state index in [4.69, 9.17) is 17.3 Å². The summed E-state index contributed by atoms with van der Waals surface area (Å²) < 4.78 is 4.55. The molecule has 1 unspecified atom stereocenters. The normalized spacial score (nSPS) is 15.3. The molecule has 0 bridgehead atoms. The first-order valence-electron chi connectivity index (χ1n) is 7.53. The summed E-state index contributed by atoms with van der Waals surface area (Å²) >= 11 is 6.26. The van der Waals surface area contributed by atoms with E-state index in [1.165, 1.54) is 20.0 Å². The Labute approximate surface area is 139 Å². The number of halogens is 1. The summed E-state index contributed by atoms with van der Waals surface area (Å²) in [5, 5.41) is 3.07. The molecule has 7 heteroatoms. The lowest BCUT2D eigenvalue weighted by atomic mass is 10.1. The van der Waals surface area contributed by atoms with Gasteiger partial charge in [-0.25, -0.2) is 9.78 Å². The minimum Gasteiger partial charge on any atom is -0.453 e. The zero-order valence-electron chi connectivity index (χ0n) is 12.8. The fourth-order valence-corrected chi connectivity index (χ4v) is 2.69. The Hall–Kier alpha value is -2.05. The molecule has 0 radical (unpaired) electrons. The number of aromatic amines is 1. The second-order valence-electron chi connectivity index (χ2n) is 5.76. The highest BCUT2D eigenvalue weighted by Gasteiger charge is 2.26. The third kappa shape index (κ3) is 3.83. The Morgan fingerprint density at radius 1 is 1.48 bits per heavy atom. The van der Waals surface area contributed by atoms with Crippen LogP contribution in [0.1, 0.15) is 31.1 Å². The third-order valence-corrected chi connectivity index (χ3v) is 4.18. The molecule has 1 fully saturated rings. The van der Waals surface area contributed by atoms with Crippen molar-refractivity contribution in [1.29, 1.82) is 0 Å². The molecule has 1 aliphatic carbocycles. The number of nitrogens with one attached hydrogen (secondary N) is 2. The molecule has 1 aromatic carbocycles. The SMILES string of the molecule is COC(=O)Nc1ccc(-c2nc(C(N)CC3CC3)[nH]c2Cl)cc1. The van der Waals surface area contributed by atoms with Crippen LogP contribution < -0.4 is 11.1 Å². The highest BCUT2D eigenvalue weighted by molar-refractivity contribution is 6.31. The summed E-state index contributed by atoms with van der Waals surface area (Å²) in [6.45, 7) is 0. The number of methoxy groups -OCH3 is 1. The van der Waals surface area contributed by atoms with Gasteiger partial charge in [0.05, 0.1) is 13.2 Å². The summed E-state index contributed by atoms with van der Waals surface area (Å²) in [4.78, 5) is 18.8. The number of nitrogens with two attached hydrogens (primary N) is 1. The second-order valence-corrected chi connectivity index (χ2v) is 6.14. The van der Waals surface area contributed by atoms with Gasteiger partial charge >= 0.3 is 6.09 Å². The van der Waals surface area contributed by atoms with Gasteiger partial charge in [0, 0.05) is 11.3 Å². The molecule has 1 aliphatic rings. The molecule has 3 rings (SSSR count). The van der Waals surface area contributed by atoms with Gasteiger partial charge in [0.1, 0.15) is 16.7 Å². The van der Waals surface area contributed by atoms with Crippen LogP contribution in [0.2, 0.25) is 5.15 Å². The van der Waals surface area contributed by atoms with Crippen molar-refractivity contribution in [2.75, 3.05) is 12.4 Å². The molecule has 0 aliphatic heterocycles. The maximum atomic E-state index is 11.2. The first kappa shape index (κ1) is 15.8. The van der Waals surface area contributed by atoms with Crippen LogP contribution >= 0.6 is 11.6 Å². The van der Waals surface area contributed by atoms with Crippen LogP contribution in [0.4, 0.5) is 10.5 Å². The molecule has 1 aromatic heterocycles. The Balaban J connectivity index is 1.75. The molecular formula is C16H19ClN4O2. The molecule has 0 spiro atoms. The fraction of sp³-hybridized carbons (Fsp3) is 0.375. The van der Waals surface area contributed by atoms with Gasteiger partial charge in [-0.1, -0.05) is 36.6 Å². The molecular weight excluding hydrogens is 316 g/mol. The van der Waals surface area contributed by atoms with E-state index in [1.807, 2.05) is 12.1 Å². The van der Waals surface area contributed by atoms with E-state index in [-0.39, 0.29) is 6.04 Å². The minimum absolute atomic E-state index is 0.117. The molecule has 6 nitrogen and oxygen atoms in total. The van der Waals surface area contributed by atoms with Crippen LogP contribution in [0.3, 0.4) is 0 Å². The Bertz CT molecular complexity index is 695. The van der Waals surface area contributed by atoms with E-state index in [1.54, 1.807) is 12.1 Å². The largest absolute Gasteiger partial charge is 0.453 e. The highest BCUT2D eigenvalue weighted by atomic mass is 35.5.